The van der Waals surface area contributed by atoms with Crippen molar-refractivity contribution in [1.82, 2.24) is 15.1 Å². The van der Waals surface area contributed by atoms with E-state index in [-0.39, 0.29) is 5.69 Å². The normalized spacial score (nSPS) is 13.7. The Morgan fingerprint density at radius 3 is 3.25 bits per heavy atom. The van der Waals surface area contributed by atoms with Gasteiger partial charge in [-0.3, -0.25) is 0 Å². The van der Waals surface area contributed by atoms with E-state index in [0.717, 1.165) is 5.69 Å². The number of nitrogens with zero attached hydrogens (tertiary/aromatic N) is 2. The van der Waals surface area contributed by atoms with Gasteiger partial charge >= 0.3 is 5.97 Å². The van der Waals surface area contributed by atoms with Crippen LogP contribution in [-0.2, 0) is 6.54 Å². The van der Waals surface area contributed by atoms with Crippen LogP contribution in [0.5, 0.6) is 0 Å². The van der Waals surface area contributed by atoms with Crippen molar-refractivity contribution in [2.45, 2.75) is 6.54 Å². The van der Waals surface area contributed by atoms with Gasteiger partial charge in [0, 0.05) is 12.4 Å². The Kier molecular flexibility index (Phi) is 1.36. The van der Waals surface area contributed by atoms with E-state index in [0.29, 0.717) is 6.54 Å². The van der Waals surface area contributed by atoms with Crippen molar-refractivity contribution in [2.24, 2.45) is 0 Å². The molecule has 0 unspecified atom stereocenters. The van der Waals surface area contributed by atoms with Crippen LogP contribution < -0.4 is 5.32 Å². The lowest BCUT2D eigenvalue weighted by molar-refractivity contribution is 0.0690. The number of hydrogen-bond donors (Lipinski definition) is 2. The van der Waals surface area contributed by atoms with E-state index >= 15 is 0 Å². The first kappa shape index (κ1) is 6.90. The van der Waals surface area contributed by atoms with Crippen molar-refractivity contribution in [3.05, 3.63) is 23.7 Å². The van der Waals surface area contributed by atoms with Crippen LogP contribution in [0.2, 0.25) is 0 Å². The van der Waals surface area contributed by atoms with Crippen LogP contribution in [0.1, 0.15) is 16.2 Å². The second-order valence-electron chi connectivity index (χ2n) is 2.47. The molecule has 2 heterocycles. The number of carboxylic acids is 1. The molecule has 0 radical (unpaired) electrons. The molecule has 62 valence electrons. The van der Waals surface area contributed by atoms with E-state index < -0.39 is 5.97 Å². The van der Waals surface area contributed by atoms with Crippen molar-refractivity contribution >= 4 is 12.2 Å². The third-order valence-corrected chi connectivity index (χ3v) is 1.65. The van der Waals surface area contributed by atoms with Gasteiger partial charge in [-0.15, -0.1) is 0 Å². The van der Waals surface area contributed by atoms with Crippen LogP contribution >= 0.6 is 0 Å². The summed E-state index contributed by atoms with van der Waals surface area (Å²) in [6, 6.07) is 1.55. The van der Waals surface area contributed by atoms with E-state index in [1.807, 2.05) is 0 Å². The summed E-state index contributed by atoms with van der Waals surface area (Å²) in [5.41, 5.74) is 0.938. The van der Waals surface area contributed by atoms with Gasteiger partial charge in [0.2, 0.25) is 0 Å². The van der Waals surface area contributed by atoms with Crippen molar-refractivity contribution in [3.63, 3.8) is 0 Å². The summed E-state index contributed by atoms with van der Waals surface area (Å²) in [6.45, 7) is 0.622. The maximum Gasteiger partial charge on any atom is 0.356 e. The SMILES string of the molecule is O=C(O)c1cc2n(n1)C=CNC2. The minimum absolute atomic E-state index is 0.0818. The van der Waals surface area contributed by atoms with Crippen LogP contribution in [0.4, 0.5) is 0 Å². The topological polar surface area (TPSA) is 67.1 Å². The highest BCUT2D eigenvalue weighted by Crippen LogP contribution is 2.07. The molecule has 5 nitrogen and oxygen atoms in total. The molecule has 0 aliphatic carbocycles. The Morgan fingerprint density at radius 2 is 2.58 bits per heavy atom. The van der Waals surface area contributed by atoms with Crippen LogP contribution in [0.15, 0.2) is 12.3 Å². The highest BCUT2D eigenvalue weighted by Gasteiger charge is 2.12. The van der Waals surface area contributed by atoms with Gasteiger partial charge in [0.05, 0.1) is 12.2 Å². The van der Waals surface area contributed by atoms with Crippen LogP contribution in [0.3, 0.4) is 0 Å². The first-order chi connectivity index (χ1) is 5.77. The van der Waals surface area contributed by atoms with Gasteiger partial charge < -0.3 is 10.4 Å². The Bertz CT molecular complexity index is 354. The lowest BCUT2D eigenvalue weighted by Crippen LogP contribution is -2.13. The third kappa shape index (κ3) is 0.952. The molecule has 1 aromatic rings. The maximum atomic E-state index is 10.5. The van der Waals surface area contributed by atoms with Gasteiger partial charge in [-0.2, -0.15) is 5.10 Å². The summed E-state index contributed by atoms with van der Waals surface area (Å²) in [5, 5.41) is 15.4. The van der Waals surface area contributed by atoms with Gasteiger partial charge in [0.15, 0.2) is 5.69 Å². The van der Waals surface area contributed by atoms with Gasteiger partial charge in [0.25, 0.3) is 0 Å². The quantitative estimate of drug-likeness (QED) is 0.620. The zero-order chi connectivity index (χ0) is 8.55. The fourth-order valence-electron chi connectivity index (χ4n) is 1.09. The average molecular weight is 165 g/mol. The molecule has 2 N–H and O–H groups in total. The Labute approximate surface area is 68.3 Å². The standard InChI is InChI=1S/C7H7N3O2/c11-7(12)6-3-5-4-8-1-2-10(5)9-6/h1-3,8H,4H2,(H,11,12). The molecular formula is C7H7N3O2. The molecule has 0 spiro atoms. The number of hydrogen-bond acceptors (Lipinski definition) is 3. The fourth-order valence-corrected chi connectivity index (χ4v) is 1.09. The summed E-state index contributed by atoms with van der Waals surface area (Å²) in [7, 11) is 0. The second-order valence-corrected chi connectivity index (χ2v) is 2.47. The predicted octanol–water partition coefficient (Wildman–Crippen LogP) is 0.113. The van der Waals surface area contributed by atoms with Crippen LogP contribution in [0, 0.1) is 0 Å². The van der Waals surface area contributed by atoms with Crippen molar-refractivity contribution < 1.29 is 9.90 Å². The molecule has 0 bridgehead atoms. The molecule has 0 saturated carbocycles. The molecule has 1 aliphatic heterocycles. The van der Waals surface area contributed by atoms with Crippen molar-refractivity contribution in [3.8, 4) is 0 Å². The van der Waals surface area contributed by atoms with E-state index in [1.165, 1.54) is 0 Å². The zero-order valence-electron chi connectivity index (χ0n) is 6.19. The van der Waals surface area contributed by atoms with Gasteiger partial charge in [-0.25, -0.2) is 9.48 Å². The predicted molar refractivity (Wildman–Crippen MR) is 41.4 cm³/mol. The van der Waals surface area contributed by atoms with Gasteiger partial charge in [0.1, 0.15) is 0 Å². The molecule has 0 fully saturated rings. The molecule has 1 aromatic heterocycles. The molecule has 5 heteroatoms. The van der Waals surface area contributed by atoms with Crippen LogP contribution in [0.25, 0.3) is 6.20 Å². The molecule has 12 heavy (non-hydrogen) atoms. The van der Waals surface area contributed by atoms with Crippen LogP contribution in [-0.4, -0.2) is 20.9 Å². The fraction of sp³-hybridized carbons (Fsp3) is 0.143. The highest BCUT2D eigenvalue weighted by atomic mass is 16.4. The number of aromatic carboxylic acids is 1. The molecular weight excluding hydrogens is 158 g/mol. The Hall–Kier alpha value is -1.78. The summed E-state index contributed by atoms with van der Waals surface area (Å²) in [6.07, 6.45) is 3.41. The van der Waals surface area contributed by atoms with E-state index in [9.17, 15) is 4.79 Å². The van der Waals surface area contributed by atoms with Gasteiger partial charge in [-0.05, 0) is 6.07 Å². The summed E-state index contributed by atoms with van der Waals surface area (Å²) in [4.78, 5) is 10.5. The van der Waals surface area contributed by atoms with E-state index in [4.69, 9.17) is 5.11 Å². The number of carbonyl (C=O) groups is 1. The van der Waals surface area contributed by atoms with Gasteiger partial charge in [-0.1, -0.05) is 0 Å². The average Bonchev–Trinajstić information content (AvgIpc) is 2.46. The molecule has 0 atom stereocenters. The Balaban J connectivity index is 2.46. The minimum Gasteiger partial charge on any atom is -0.476 e. The van der Waals surface area contributed by atoms with E-state index in [2.05, 4.69) is 10.4 Å². The smallest absolute Gasteiger partial charge is 0.356 e. The van der Waals surface area contributed by atoms with E-state index in [1.54, 1.807) is 23.1 Å². The van der Waals surface area contributed by atoms with Crippen molar-refractivity contribution in [2.75, 3.05) is 0 Å². The van der Waals surface area contributed by atoms with Crippen molar-refractivity contribution in [1.29, 1.82) is 0 Å². The Morgan fingerprint density at radius 1 is 1.75 bits per heavy atom. The largest absolute Gasteiger partial charge is 0.476 e. The minimum atomic E-state index is -0.995. The molecule has 1 aliphatic rings. The number of nitrogens with one attached hydrogen (secondary N) is 1. The highest BCUT2D eigenvalue weighted by molar-refractivity contribution is 5.85. The summed E-state index contributed by atoms with van der Waals surface area (Å²) < 4.78 is 1.56. The lowest BCUT2D eigenvalue weighted by atomic mass is 10.3. The summed E-state index contributed by atoms with van der Waals surface area (Å²) >= 11 is 0. The monoisotopic (exact) mass is 165 g/mol. The number of fused-ring (bicyclic) bond motifs is 1. The molecule has 0 aromatic carbocycles. The summed E-state index contributed by atoms with van der Waals surface area (Å²) in [5.74, 6) is -0.995. The third-order valence-electron chi connectivity index (χ3n) is 1.65. The first-order valence-corrected chi connectivity index (χ1v) is 3.49. The number of aromatic nitrogens is 2. The molecule has 2 rings (SSSR count). The molecule has 0 saturated heterocycles. The zero-order valence-corrected chi connectivity index (χ0v) is 6.19. The lowest BCUT2D eigenvalue weighted by Gasteiger charge is -2.06. The molecule has 0 amide bonds. The first-order valence-electron chi connectivity index (χ1n) is 3.49. The number of rotatable bonds is 1. The number of carboxylic acid groups (broad SMARTS) is 1. The second kappa shape index (κ2) is 2.37. The maximum absolute atomic E-state index is 10.5.